The number of halogens is 1. The Bertz CT molecular complexity index is 849. The molecule has 0 aromatic heterocycles. The van der Waals surface area contributed by atoms with Crippen molar-refractivity contribution >= 4 is 27.6 Å². The summed E-state index contributed by atoms with van der Waals surface area (Å²) in [6.07, 6.45) is 0. The molecule has 2 rings (SSSR count). The highest BCUT2D eigenvalue weighted by Gasteiger charge is 2.28. The topological polar surface area (TPSA) is 101 Å². The molecule has 2 N–H and O–H groups in total. The lowest BCUT2D eigenvalue weighted by atomic mass is 10.0. The quantitative estimate of drug-likeness (QED) is 0.566. The maximum Gasteiger partial charge on any atom is 0.333 e. The molecule has 0 radical (unpaired) electrons. The van der Waals surface area contributed by atoms with Gasteiger partial charge in [0, 0.05) is 15.7 Å². The number of nitrogens with one attached hydrogen (secondary N) is 1. The van der Waals surface area contributed by atoms with Crippen LogP contribution < -0.4 is 14.8 Å². The number of esters is 1. The zero-order chi connectivity index (χ0) is 20.5. The number of anilines is 1. The number of benzene rings is 2. The van der Waals surface area contributed by atoms with Gasteiger partial charge in [-0.15, -0.1) is 0 Å². The van der Waals surface area contributed by atoms with Crippen LogP contribution >= 0.6 is 15.9 Å². The molecule has 1 unspecified atom stereocenters. The second-order valence-corrected chi connectivity index (χ2v) is 6.53. The molecule has 0 aliphatic heterocycles. The van der Waals surface area contributed by atoms with Crippen molar-refractivity contribution in [2.75, 3.05) is 32.2 Å². The monoisotopic (exact) mass is 448 g/mol. The lowest BCUT2D eigenvalue weighted by Gasteiger charge is -2.23. The van der Waals surface area contributed by atoms with Crippen LogP contribution in [-0.2, 0) is 9.53 Å². The van der Waals surface area contributed by atoms with E-state index >= 15 is 0 Å². The average molecular weight is 449 g/mol. The number of nitriles is 1. The van der Waals surface area contributed by atoms with Gasteiger partial charge in [-0.1, -0.05) is 15.9 Å². The van der Waals surface area contributed by atoms with E-state index in [4.69, 9.17) is 24.6 Å². The molecule has 0 saturated heterocycles. The van der Waals surface area contributed by atoms with Crippen molar-refractivity contribution < 1.29 is 24.1 Å². The number of aliphatic hydroxyl groups excluding tert-OH is 1. The SMILES string of the molecule is CCOC(=O)C(Nc1ccc(C#N)cc1)c1cc(Br)cc(OC)c1OCCO. The number of hydrogen-bond acceptors (Lipinski definition) is 7. The maximum atomic E-state index is 12.7. The highest BCUT2D eigenvalue weighted by atomic mass is 79.9. The first kappa shape index (κ1) is 21.5. The van der Waals surface area contributed by atoms with Crippen LogP contribution in [0, 0.1) is 11.3 Å². The zero-order valence-corrected chi connectivity index (χ0v) is 17.2. The Kier molecular flexibility index (Phi) is 8.11. The van der Waals surface area contributed by atoms with E-state index in [0.29, 0.717) is 32.8 Å². The Morgan fingerprint density at radius 3 is 2.61 bits per heavy atom. The second kappa shape index (κ2) is 10.5. The number of rotatable bonds is 9. The van der Waals surface area contributed by atoms with Crippen molar-refractivity contribution in [3.05, 3.63) is 52.0 Å². The first-order valence-corrected chi connectivity index (χ1v) is 9.37. The first-order chi connectivity index (χ1) is 13.5. The summed E-state index contributed by atoms with van der Waals surface area (Å²) in [5.74, 6) is 0.244. The molecule has 148 valence electrons. The molecule has 28 heavy (non-hydrogen) atoms. The minimum Gasteiger partial charge on any atom is -0.493 e. The highest BCUT2D eigenvalue weighted by molar-refractivity contribution is 9.10. The lowest BCUT2D eigenvalue weighted by Crippen LogP contribution is -2.24. The lowest BCUT2D eigenvalue weighted by molar-refractivity contribution is -0.144. The second-order valence-electron chi connectivity index (χ2n) is 5.62. The Hall–Kier alpha value is -2.76. The normalized spacial score (nSPS) is 11.2. The van der Waals surface area contributed by atoms with Crippen LogP contribution in [0.25, 0.3) is 0 Å². The number of carbonyl (C=O) groups is 1. The van der Waals surface area contributed by atoms with Gasteiger partial charge in [-0.05, 0) is 43.3 Å². The largest absolute Gasteiger partial charge is 0.493 e. The number of methoxy groups -OCH3 is 1. The fourth-order valence-corrected chi connectivity index (χ4v) is 3.01. The van der Waals surface area contributed by atoms with E-state index in [-0.39, 0.29) is 19.8 Å². The van der Waals surface area contributed by atoms with Gasteiger partial charge in [0.25, 0.3) is 0 Å². The molecule has 2 aromatic rings. The predicted molar refractivity (Wildman–Crippen MR) is 107 cm³/mol. The third-order valence-corrected chi connectivity index (χ3v) is 4.22. The van der Waals surface area contributed by atoms with E-state index in [0.717, 1.165) is 0 Å². The average Bonchev–Trinajstić information content (AvgIpc) is 2.71. The number of aliphatic hydroxyl groups is 1. The predicted octanol–water partition coefficient (Wildman–Crippen LogP) is 3.42. The molecular weight excluding hydrogens is 428 g/mol. The number of carbonyl (C=O) groups excluding carboxylic acids is 1. The fraction of sp³-hybridized carbons (Fsp3) is 0.300. The Labute approximate surface area is 172 Å². The molecule has 0 bridgehead atoms. The van der Waals surface area contributed by atoms with Gasteiger partial charge in [-0.2, -0.15) is 5.26 Å². The molecule has 0 aliphatic rings. The highest BCUT2D eigenvalue weighted by Crippen LogP contribution is 2.39. The van der Waals surface area contributed by atoms with E-state index in [9.17, 15) is 4.79 Å². The van der Waals surface area contributed by atoms with Crippen molar-refractivity contribution in [1.29, 1.82) is 5.26 Å². The van der Waals surface area contributed by atoms with Crippen molar-refractivity contribution in [3.8, 4) is 17.6 Å². The van der Waals surface area contributed by atoms with Gasteiger partial charge >= 0.3 is 5.97 Å². The standard InChI is InChI=1S/C20H21BrN2O5/c1-3-27-20(25)18(23-15-6-4-13(12-22)5-7-15)16-10-14(21)11-17(26-2)19(16)28-9-8-24/h4-7,10-11,18,23-24H,3,8-9H2,1-2H3. The van der Waals surface area contributed by atoms with Crippen molar-refractivity contribution in [1.82, 2.24) is 0 Å². The molecule has 0 saturated carbocycles. The third-order valence-electron chi connectivity index (χ3n) is 3.76. The maximum absolute atomic E-state index is 12.7. The fourth-order valence-electron chi connectivity index (χ4n) is 2.55. The molecule has 0 aliphatic carbocycles. The molecule has 0 fully saturated rings. The van der Waals surface area contributed by atoms with Gasteiger partial charge in [0.2, 0.25) is 0 Å². The van der Waals surface area contributed by atoms with Gasteiger partial charge < -0.3 is 24.6 Å². The Morgan fingerprint density at radius 2 is 2.04 bits per heavy atom. The summed E-state index contributed by atoms with van der Waals surface area (Å²) in [5, 5.41) is 21.2. The molecule has 1 atom stereocenters. The van der Waals surface area contributed by atoms with Crippen LogP contribution in [-0.4, -0.2) is 38.0 Å². The minimum absolute atomic E-state index is 0.0391. The van der Waals surface area contributed by atoms with Crippen molar-refractivity contribution in [2.45, 2.75) is 13.0 Å². The van der Waals surface area contributed by atoms with Crippen LogP contribution in [0.2, 0.25) is 0 Å². The summed E-state index contributed by atoms with van der Waals surface area (Å²) in [6, 6.07) is 11.3. The van der Waals surface area contributed by atoms with Crippen molar-refractivity contribution in [2.24, 2.45) is 0 Å². The van der Waals surface area contributed by atoms with Crippen LogP contribution in [0.1, 0.15) is 24.1 Å². The molecular formula is C20H21BrN2O5. The molecule has 0 spiro atoms. The molecule has 7 nitrogen and oxygen atoms in total. The molecule has 0 heterocycles. The van der Waals surface area contributed by atoms with E-state index in [1.165, 1.54) is 7.11 Å². The van der Waals surface area contributed by atoms with Gasteiger partial charge in [0.05, 0.1) is 32.0 Å². The number of hydrogen-bond donors (Lipinski definition) is 2. The molecule has 2 aromatic carbocycles. The van der Waals surface area contributed by atoms with E-state index in [1.54, 1.807) is 43.3 Å². The Morgan fingerprint density at radius 1 is 1.32 bits per heavy atom. The summed E-state index contributed by atoms with van der Waals surface area (Å²) >= 11 is 3.42. The minimum atomic E-state index is -0.895. The zero-order valence-electron chi connectivity index (χ0n) is 15.6. The number of ether oxygens (including phenoxy) is 3. The summed E-state index contributed by atoms with van der Waals surface area (Å²) in [6.45, 7) is 1.78. The first-order valence-electron chi connectivity index (χ1n) is 8.58. The van der Waals surface area contributed by atoms with Crippen molar-refractivity contribution in [3.63, 3.8) is 0 Å². The Balaban J connectivity index is 2.51. The van der Waals surface area contributed by atoms with Gasteiger partial charge in [-0.25, -0.2) is 4.79 Å². The molecule has 8 heteroatoms. The summed E-state index contributed by atoms with van der Waals surface area (Å²) < 4.78 is 17.0. The van der Waals surface area contributed by atoms with Gasteiger partial charge in [0.15, 0.2) is 17.5 Å². The summed E-state index contributed by atoms with van der Waals surface area (Å²) in [4.78, 5) is 12.7. The van der Waals surface area contributed by atoms with Crippen LogP contribution in [0.3, 0.4) is 0 Å². The van der Waals surface area contributed by atoms with Crippen LogP contribution in [0.15, 0.2) is 40.9 Å². The van der Waals surface area contributed by atoms with Crippen LogP contribution in [0.5, 0.6) is 11.5 Å². The number of nitrogens with zero attached hydrogens (tertiary/aromatic N) is 1. The summed E-state index contributed by atoms with van der Waals surface area (Å²) in [7, 11) is 1.49. The van der Waals surface area contributed by atoms with Gasteiger partial charge in [-0.3, -0.25) is 0 Å². The van der Waals surface area contributed by atoms with Crippen LogP contribution in [0.4, 0.5) is 5.69 Å². The molecule has 0 amide bonds. The van der Waals surface area contributed by atoms with Gasteiger partial charge in [0.1, 0.15) is 6.61 Å². The summed E-state index contributed by atoms with van der Waals surface area (Å²) in [5.41, 5.74) is 1.63. The van der Waals surface area contributed by atoms with E-state index in [1.807, 2.05) is 0 Å². The van der Waals surface area contributed by atoms with E-state index < -0.39 is 12.0 Å². The smallest absolute Gasteiger partial charge is 0.333 e. The third kappa shape index (κ3) is 5.38. The van der Waals surface area contributed by atoms with E-state index in [2.05, 4.69) is 27.3 Å².